The Kier molecular flexibility index (Phi) is 12.0. The summed E-state index contributed by atoms with van der Waals surface area (Å²) >= 11 is 0. The zero-order valence-electron chi connectivity index (χ0n) is 26.3. The first-order chi connectivity index (χ1) is 20.4. The first-order valence-electron chi connectivity index (χ1n) is 15.3. The summed E-state index contributed by atoms with van der Waals surface area (Å²) in [6.45, 7) is 11.5. The fourth-order valence-corrected chi connectivity index (χ4v) is 6.10. The van der Waals surface area contributed by atoms with Crippen LogP contribution in [0.4, 0.5) is 5.69 Å². The van der Waals surface area contributed by atoms with Crippen molar-refractivity contribution in [3.05, 3.63) is 102 Å². The monoisotopic (exact) mass is 572 g/mol. The number of para-hydroxylation sites is 1. The molecule has 1 saturated heterocycles. The van der Waals surface area contributed by atoms with Crippen molar-refractivity contribution in [3.63, 3.8) is 0 Å². The molecule has 2 heterocycles. The number of carbonyl (C=O) groups is 2. The van der Waals surface area contributed by atoms with Gasteiger partial charge in [0.2, 0.25) is 12.3 Å². The fourth-order valence-electron chi connectivity index (χ4n) is 6.10. The molecule has 0 aromatic heterocycles. The molecule has 0 aliphatic carbocycles. The molecule has 2 aliphatic rings. The predicted octanol–water partition coefficient (Wildman–Crippen LogP) is 5.77. The third kappa shape index (κ3) is 6.97. The van der Waals surface area contributed by atoms with E-state index < -0.39 is 0 Å². The van der Waals surface area contributed by atoms with Gasteiger partial charge >= 0.3 is 5.97 Å². The Morgan fingerprint density at radius 2 is 1.50 bits per heavy atom. The first kappa shape index (κ1) is 32.7. The second-order valence-corrected chi connectivity index (χ2v) is 10.4. The van der Waals surface area contributed by atoms with E-state index in [0.717, 1.165) is 47.5 Å². The highest BCUT2D eigenvalue weighted by molar-refractivity contribution is 6.15. The van der Waals surface area contributed by atoms with Gasteiger partial charge in [-0.2, -0.15) is 0 Å². The SMILES string of the molecule is CC.CC.CC1NOC(=O)C[N+](C)=C(c2ccccc2)c2ccccc2N(C)C(=O)[C@@H]2CCC[N+]12Cc1ccccc1. The molecule has 5 rings (SSSR count). The summed E-state index contributed by atoms with van der Waals surface area (Å²) < 4.78 is 2.38. The highest BCUT2D eigenvalue weighted by atomic mass is 16.7. The average Bonchev–Trinajstić information content (AvgIpc) is 3.46. The number of carbonyl (C=O) groups excluding carboxylic acids is 2. The van der Waals surface area contributed by atoms with Gasteiger partial charge in [-0.25, -0.2) is 9.37 Å². The predicted molar refractivity (Wildman–Crippen MR) is 170 cm³/mol. The van der Waals surface area contributed by atoms with Crippen LogP contribution in [-0.4, -0.2) is 66.0 Å². The third-order valence-corrected chi connectivity index (χ3v) is 8.04. The lowest BCUT2D eigenvalue weighted by Crippen LogP contribution is -2.65. The molecular weight excluding hydrogens is 524 g/mol. The molecule has 7 nitrogen and oxygen atoms in total. The van der Waals surface area contributed by atoms with Crippen molar-refractivity contribution in [2.24, 2.45) is 0 Å². The van der Waals surface area contributed by atoms with Gasteiger partial charge in [-0.05, 0) is 24.3 Å². The van der Waals surface area contributed by atoms with E-state index in [2.05, 4.69) is 17.6 Å². The van der Waals surface area contributed by atoms with Crippen LogP contribution < -0.4 is 10.4 Å². The van der Waals surface area contributed by atoms with E-state index in [1.54, 1.807) is 0 Å². The minimum absolute atomic E-state index is 0.0536. The molecule has 224 valence electrons. The smallest absolute Gasteiger partial charge is 0.360 e. The van der Waals surface area contributed by atoms with E-state index in [4.69, 9.17) is 4.84 Å². The van der Waals surface area contributed by atoms with E-state index in [0.29, 0.717) is 11.0 Å². The normalized spacial score (nSPS) is 22.5. The molecule has 1 N–H and O–H groups in total. The van der Waals surface area contributed by atoms with Crippen molar-refractivity contribution in [1.82, 2.24) is 5.48 Å². The number of benzene rings is 3. The van der Waals surface area contributed by atoms with Gasteiger partial charge in [0.05, 0.1) is 17.8 Å². The number of likely N-dealkylation sites (N-methyl/N-ethyl adjacent to an activating group) is 2. The topological polar surface area (TPSA) is 61.6 Å². The molecule has 0 radical (unpaired) electrons. The average molecular weight is 573 g/mol. The number of fused-ring (bicyclic) bond motifs is 2. The molecule has 1 fully saturated rings. The molecule has 1 amide bonds. The lowest BCUT2D eigenvalue weighted by atomic mass is 9.98. The van der Waals surface area contributed by atoms with Crippen LogP contribution in [0.5, 0.6) is 0 Å². The van der Waals surface area contributed by atoms with Crippen LogP contribution in [-0.2, 0) is 21.0 Å². The number of amides is 1. The first-order valence-corrected chi connectivity index (χ1v) is 15.3. The number of hydroxylamine groups is 1. The molecule has 2 unspecified atom stereocenters. The number of hydrogen-bond donors (Lipinski definition) is 1. The largest absolute Gasteiger partial charge is 0.390 e. The second kappa shape index (κ2) is 15.4. The highest BCUT2D eigenvalue weighted by Crippen LogP contribution is 2.35. The Hall–Kier alpha value is -3.81. The van der Waals surface area contributed by atoms with Crippen LogP contribution in [0.2, 0.25) is 0 Å². The summed E-state index contributed by atoms with van der Waals surface area (Å²) in [6, 6.07) is 27.9. The zero-order chi connectivity index (χ0) is 30.7. The van der Waals surface area contributed by atoms with Crippen LogP contribution in [0.15, 0.2) is 84.9 Å². The van der Waals surface area contributed by atoms with E-state index in [1.165, 1.54) is 0 Å². The maximum Gasteiger partial charge on any atom is 0.390 e. The molecule has 0 spiro atoms. The van der Waals surface area contributed by atoms with Crippen LogP contribution in [0.1, 0.15) is 64.2 Å². The summed E-state index contributed by atoms with van der Waals surface area (Å²) in [5.41, 5.74) is 7.74. The maximum atomic E-state index is 14.4. The number of rotatable bonds is 3. The Bertz CT molecular complexity index is 1340. The minimum Gasteiger partial charge on any atom is -0.360 e. The number of anilines is 1. The lowest BCUT2D eigenvalue weighted by molar-refractivity contribution is -0.970. The van der Waals surface area contributed by atoms with Gasteiger partial charge in [0.15, 0.2) is 12.2 Å². The summed E-state index contributed by atoms with van der Waals surface area (Å²) in [5.74, 6) is -0.307. The highest BCUT2D eigenvalue weighted by Gasteiger charge is 2.51. The van der Waals surface area contributed by atoms with Crippen LogP contribution in [0.3, 0.4) is 0 Å². The Labute approximate surface area is 252 Å². The van der Waals surface area contributed by atoms with Crippen molar-refractivity contribution in [3.8, 4) is 0 Å². The van der Waals surface area contributed by atoms with Gasteiger partial charge in [0, 0.05) is 37.9 Å². The van der Waals surface area contributed by atoms with Gasteiger partial charge in [0.25, 0.3) is 5.91 Å². The van der Waals surface area contributed by atoms with Gasteiger partial charge in [0.1, 0.15) is 13.6 Å². The van der Waals surface area contributed by atoms with Crippen molar-refractivity contribution in [2.75, 3.05) is 32.1 Å². The lowest BCUT2D eigenvalue weighted by Gasteiger charge is -2.44. The molecule has 0 saturated carbocycles. The van der Waals surface area contributed by atoms with Gasteiger partial charge in [-0.3, -0.25) is 9.28 Å². The second-order valence-electron chi connectivity index (χ2n) is 10.4. The van der Waals surface area contributed by atoms with E-state index >= 15 is 0 Å². The van der Waals surface area contributed by atoms with Crippen molar-refractivity contribution < 1.29 is 23.5 Å². The number of hydrogen-bond acceptors (Lipinski definition) is 4. The zero-order valence-corrected chi connectivity index (χ0v) is 26.3. The van der Waals surface area contributed by atoms with Crippen molar-refractivity contribution >= 4 is 23.3 Å². The molecule has 0 bridgehead atoms. The summed E-state index contributed by atoms with van der Waals surface area (Å²) in [7, 11) is 3.76. The molecule has 2 aliphatic heterocycles. The quantitative estimate of drug-likeness (QED) is 0.320. The van der Waals surface area contributed by atoms with E-state index in [-0.39, 0.29) is 30.6 Å². The van der Waals surface area contributed by atoms with E-state index in [1.807, 2.05) is 131 Å². The Balaban J connectivity index is 0.00000116. The fraction of sp³-hybridized carbons (Fsp3) is 0.400. The number of quaternary nitrogens is 1. The summed E-state index contributed by atoms with van der Waals surface area (Å²) in [6.07, 6.45) is 1.42. The molecule has 42 heavy (non-hydrogen) atoms. The number of nitrogens with zero attached hydrogens (tertiary/aromatic N) is 3. The van der Waals surface area contributed by atoms with Crippen LogP contribution in [0, 0.1) is 0 Å². The van der Waals surface area contributed by atoms with E-state index in [9.17, 15) is 9.59 Å². The third-order valence-electron chi connectivity index (χ3n) is 8.04. The van der Waals surface area contributed by atoms with Crippen molar-refractivity contribution in [1.29, 1.82) is 0 Å². The van der Waals surface area contributed by atoms with Crippen LogP contribution in [0.25, 0.3) is 0 Å². The van der Waals surface area contributed by atoms with Gasteiger partial charge in [-0.15, -0.1) is 0 Å². The van der Waals surface area contributed by atoms with Crippen molar-refractivity contribution in [2.45, 2.75) is 66.2 Å². The molecule has 3 aromatic rings. The minimum atomic E-state index is -0.377. The summed E-state index contributed by atoms with van der Waals surface area (Å²) in [5, 5.41) is 0. The molecule has 3 aromatic carbocycles. The Morgan fingerprint density at radius 1 is 0.905 bits per heavy atom. The number of nitrogens with one attached hydrogen (secondary N) is 1. The summed E-state index contributed by atoms with van der Waals surface area (Å²) in [4.78, 5) is 34.9. The standard InChI is InChI=1S/C31H36N4O3.2C2H6/c1-23-32-38-29(36)21-33(2)30(25-15-8-5-9-16-25)26-17-10-11-18-27(26)34(3)31(37)28-19-12-20-35(23,28)22-24-13-6-4-7-14-24;2*1-2/h4-11,13-18,23,28,32H,12,19-22H2,1-3H3;2*1-2H3/q+2;;/t23?,28-,35?;;/m0../s1. The molecule has 7 heteroatoms. The molecule has 3 atom stereocenters. The van der Waals surface area contributed by atoms with Crippen LogP contribution >= 0.6 is 0 Å². The maximum absolute atomic E-state index is 14.4. The van der Waals surface area contributed by atoms with Gasteiger partial charge in [-0.1, -0.05) is 93.8 Å². The Morgan fingerprint density at radius 3 is 2.17 bits per heavy atom. The molecular formula is C35H48N4O3+2. The van der Waals surface area contributed by atoms with Gasteiger partial charge < -0.3 is 9.74 Å².